The van der Waals surface area contributed by atoms with Crippen molar-refractivity contribution in [2.24, 2.45) is 5.73 Å². The van der Waals surface area contributed by atoms with Gasteiger partial charge in [-0.25, -0.2) is 0 Å². The van der Waals surface area contributed by atoms with E-state index < -0.39 is 0 Å². The molecular formula is C14H23N3O2. The molecule has 5 heteroatoms. The van der Waals surface area contributed by atoms with Crippen LogP contribution in [0.3, 0.4) is 0 Å². The third-order valence-corrected chi connectivity index (χ3v) is 3.48. The Bertz CT molecular complexity index is 379. The molecule has 0 aliphatic carbocycles. The lowest BCUT2D eigenvalue weighted by atomic mass is 10.1. The summed E-state index contributed by atoms with van der Waals surface area (Å²) >= 11 is 0. The highest BCUT2D eigenvalue weighted by atomic mass is 16.5. The molecule has 1 aromatic heterocycles. The van der Waals surface area contributed by atoms with Crippen molar-refractivity contribution in [1.29, 1.82) is 0 Å². The highest BCUT2D eigenvalue weighted by Crippen LogP contribution is 2.16. The number of hydrogen-bond donors (Lipinski definition) is 2. The average Bonchev–Trinajstić information content (AvgIpc) is 2.47. The number of aliphatic hydroxyl groups is 1. The lowest BCUT2D eigenvalue weighted by Crippen LogP contribution is -2.36. The third kappa shape index (κ3) is 4.54. The number of pyridine rings is 1. The quantitative estimate of drug-likeness (QED) is 0.784. The average molecular weight is 265 g/mol. The van der Waals surface area contributed by atoms with E-state index in [0.29, 0.717) is 19.3 Å². The molecule has 0 saturated carbocycles. The van der Waals surface area contributed by atoms with E-state index in [9.17, 15) is 0 Å². The number of aliphatic hydroxyl groups excluding tert-OH is 1. The Hall–Kier alpha value is -1.01. The first-order chi connectivity index (χ1) is 9.31. The molecule has 0 aromatic carbocycles. The molecule has 106 valence electrons. The molecule has 0 bridgehead atoms. The number of rotatable bonds is 6. The molecule has 1 aliphatic heterocycles. The molecule has 0 amide bonds. The van der Waals surface area contributed by atoms with Gasteiger partial charge < -0.3 is 15.6 Å². The first-order valence-electron chi connectivity index (χ1n) is 6.90. The molecule has 1 aromatic rings. The van der Waals surface area contributed by atoms with Gasteiger partial charge in [-0.05, 0) is 30.5 Å². The number of nitrogens with two attached hydrogens (primary N) is 1. The minimum Gasteiger partial charge on any atom is -0.394 e. The number of likely N-dealkylation sites (tertiary alicyclic amines) is 1. The number of aromatic nitrogens is 1. The van der Waals surface area contributed by atoms with Crippen LogP contribution in [0.5, 0.6) is 0 Å². The predicted octanol–water partition coefficient (Wildman–Crippen LogP) is 0.514. The summed E-state index contributed by atoms with van der Waals surface area (Å²) in [6.07, 6.45) is 4.21. The second-order valence-corrected chi connectivity index (χ2v) is 4.93. The van der Waals surface area contributed by atoms with Crippen molar-refractivity contribution in [3.05, 3.63) is 29.6 Å². The molecule has 0 unspecified atom stereocenters. The monoisotopic (exact) mass is 265 g/mol. The Morgan fingerprint density at radius 1 is 1.42 bits per heavy atom. The van der Waals surface area contributed by atoms with Crippen LogP contribution in [-0.4, -0.2) is 47.4 Å². The van der Waals surface area contributed by atoms with Crippen molar-refractivity contribution in [3.8, 4) is 0 Å². The summed E-state index contributed by atoms with van der Waals surface area (Å²) in [5.41, 5.74) is 7.82. The van der Waals surface area contributed by atoms with Crippen molar-refractivity contribution in [1.82, 2.24) is 9.88 Å². The minimum atomic E-state index is 0.110. The maximum absolute atomic E-state index is 8.74. The van der Waals surface area contributed by atoms with Crippen molar-refractivity contribution in [3.63, 3.8) is 0 Å². The zero-order valence-electron chi connectivity index (χ0n) is 11.3. The Kier molecular flexibility index (Phi) is 5.72. The Balaban J connectivity index is 1.78. The van der Waals surface area contributed by atoms with Crippen LogP contribution in [-0.2, 0) is 17.8 Å². The molecule has 1 saturated heterocycles. The summed E-state index contributed by atoms with van der Waals surface area (Å²) in [4.78, 5) is 6.63. The molecule has 1 aliphatic rings. The lowest BCUT2D eigenvalue weighted by molar-refractivity contribution is -0.00901. The Morgan fingerprint density at radius 3 is 2.89 bits per heavy atom. The molecule has 2 heterocycles. The van der Waals surface area contributed by atoms with Crippen LogP contribution >= 0.6 is 0 Å². The maximum Gasteiger partial charge on any atom is 0.0701 e. The Morgan fingerprint density at radius 2 is 2.21 bits per heavy atom. The van der Waals surface area contributed by atoms with Crippen molar-refractivity contribution < 1.29 is 9.84 Å². The predicted molar refractivity (Wildman–Crippen MR) is 73.5 cm³/mol. The molecule has 0 atom stereocenters. The number of ether oxygens (including phenoxy) is 1. The third-order valence-electron chi connectivity index (χ3n) is 3.48. The standard InChI is InChI=1S/C14H23N3O2/c15-10-13-9-12(1-4-16-13)11-17-5-2-14(3-6-17)19-8-7-18/h1,4,9,14,18H,2-3,5-8,10-11,15H2. The second kappa shape index (κ2) is 7.55. The van der Waals surface area contributed by atoms with E-state index in [1.807, 2.05) is 12.3 Å². The van der Waals surface area contributed by atoms with Gasteiger partial charge in [-0.15, -0.1) is 0 Å². The van der Waals surface area contributed by atoms with Crippen LogP contribution in [0, 0.1) is 0 Å². The fourth-order valence-corrected chi connectivity index (χ4v) is 2.45. The maximum atomic E-state index is 8.74. The van der Waals surface area contributed by atoms with E-state index in [2.05, 4.69) is 16.0 Å². The first-order valence-corrected chi connectivity index (χ1v) is 6.90. The van der Waals surface area contributed by atoms with Gasteiger partial charge in [-0.2, -0.15) is 0 Å². The summed E-state index contributed by atoms with van der Waals surface area (Å²) in [5.74, 6) is 0. The van der Waals surface area contributed by atoms with Crippen LogP contribution in [0.1, 0.15) is 24.1 Å². The SMILES string of the molecule is NCc1cc(CN2CCC(OCCO)CC2)ccn1. The lowest BCUT2D eigenvalue weighted by Gasteiger charge is -2.31. The van der Waals surface area contributed by atoms with Gasteiger partial charge >= 0.3 is 0 Å². The van der Waals surface area contributed by atoms with Crippen LogP contribution in [0.15, 0.2) is 18.3 Å². The largest absolute Gasteiger partial charge is 0.394 e. The zero-order chi connectivity index (χ0) is 13.5. The van der Waals surface area contributed by atoms with Gasteiger partial charge in [-0.1, -0.05) is 0 Å². The van der Waals surface area contributed by atoms with E-state index in [4.69, 9.17) is 15.6 Å². The van der Waals surface area contributed by atoms with Crippen LogP contribution in [0.4, 0.5) is 0 Å². The van der Waals surface area contributed by atoms with E-state index in [1.165, 1.54) is 5.56 Å². The molecule has 19 heavy (non-hydrogen) atoms. The van der Waals surface area contributed by atoms with Gasteiger partial charge in [0.25, 0.3) is 0 Å². The smallest absolute Gasteiger partial charge is 0.0701 e. The summed E-state index contributed by atoms with van der Waals surface area (Å²) in [6, 6.07) is 4.13. The van der Waals surface area contributed by atoms with Crippen LogP contribution in [0.2, 0.25) is 0 Å². The number of piperidine rings is 1. The number of hydrogen-bond acceptors (Lipinski definition) is 5. The van der Waals surface area contributed by atoms with Crippen molar-refractivity contribution in [2.45, 2.75) is 32.0 Å². The molecule has 5 nitrogen and oxygen atoms in total. The summed E-state index contributed by atoms with van der Waals surface area (Å²) in [5, 5.41) is 8.74. The van der Waals surface area contributed by atoms with E-state index >= 15 is 0 Å². The summed E-state index contributed by atoms with van der Waals surface area (Å²) in [6.45, 7) is 4.08. The topological polar surface area (TPSA) is 71.6 Å². The fraction of sp³-hybridized carbons (Fsp3) is 0.643. The van der Waals surface area contributed by atoms with Gasteiger partial charge in [-0.3, -0.25) is 9.88 Å². The normalized spacial score (nSPS) is 17.8. The molecule has 0 radical (unpaired) electrons. The van der Waals surface area contributed by atoms with Crippen molar-refractivity contribution >= 4 is 0 Å². The van der Waals surface area contributed by atoms with E-state index in [1.54, 1.807) is 0 Å². The zero-order valence-corrected chi connectivity index (χ0v) is 11.3. The van der Waals surface area contributed by atoms with Gasteiger partial charge in [0.15, 0.2) is 0 Å². The van der Waals surface area contributed by atoms with Crippen LogP contribution < -0.4 is 5.73 Å². The Labute approximate surface area is 114 Å². The van der Waals surface area contributed by atoms with Gasteiger partial charge in [0.2, 0.25) is 0 Å². The molecule has 3 N–H and O–H groups in total. The summed E-state index contributed by atoms with van der Waals surface area (Å²) < 4.78 is 5.56. The second-order valence-electron chi connectivity index (χ2n) is 4.93. The van der Waals surface area contributed by atoms with E-state index in [0.717, 1.165) is 38.2 Å². The highest BCUT2D eigenvalue weighted by molar-refractivity contribution is 5.16. The number of nitrogens with zero attached hydrogens (tertiary/aromatic N) is 2. The van der Waals surface area contributed by atoms with Gasteiger partial charge in [0.1, 0.15) is 0 Å². The van der Waals surface area contributed by atoms with Crippen LogP contribution in [0.25, 0.3) is 0 Å². The first kappa shape index (κ1) is 14.4. The minimum absolute atomic E-state index is 0.110. The van der Waals surface area contributed by atoms with E-state index in [-0.39, 0.29) is 6.61 Å². The molecular weight excluding hydrogens is 242 g/mol. The van der Waals surface area contributed by atoms with Gasteiger partial charge in [0, 0.05) is 32.4 Å². The molecule has 2 rings (SSSR count). The van der Waals surface area contributed by atoms with Gasteiger partial charge in [0.05, 0.1) is 25.0 Å². The molecule has 0 spiro atoms. The van der Waals surface area contributed by atoms with Crippen molar-refractivity contribution in [2.75, 3.05) is 26.3 Å². The fourth-order valence-electron chi connectivity index (χ4n) is 2.45. The summed E-state index contributed by atoms with van der Waals surface area (Å²) in [7, 11) is 0. The highest BCUT2D eigenvalue weighted by Gasteiger charge is 2.19. The molecule has 1 fully saturated rings.